The Morgan fingerprint density at radius 1 is 0.955 bits per heavy atom. The zero-order valence-corrected chi connectivity index (χ0v) is 10.9. The Morgan fingerprint density at radius 2 is 1.45 bits per heavy atom. The van der Waals surface area contributed by atoms with Gasteiger partial charge in [0.2, 0.25) is 11.6 Å². The molecule has 0 radical (unpaired) electrons. The lowest BCUT2D eigenvalue weighted by atomic mass is 10.1. The first-order valence-electron chi connectivity index (χ1n) is 5.77. The number of halogens is 6. The van der Waals surface area contributed by atoms with Gasteiger partial charge < -0.3 is 0 Å². The van der Waals surface area contributed by atoms with Crippen molar-refractivity contribution in [3.63, 3.8) is 0 Å². The minimum Gasteiger partial charge on any atom is -0.272 e. The molecule has 0 fully saturated rings. The molecule has 1 aromatic carbocycles. The molecule has 0 atom stereocenters. The predicted molar refractivity (Wildman–Crippen MR) is 66.3 cm³/mol. The van der Waals surface area contributed by atoms with E-state index in [1.165, 1.54) is 0 Å². The molecule has 1 heterocycles. The van der Waals surface area contributed by atoms with E-state index in [1.807, 2.05) is 0 Å². The summed E-state index contributed by atoms with van der Waals surface area (Å²) in [5.74, 6) is -9.32. The van der Waals surface area contributed by atoms with Crippen LogP contribution in [0.15, 0.2) is 23.3 Å². The lowest BCUT2D eigenvalue weighted by molar-refractivity contribution is 0.411. The summed E-state index contributed by atoms with van der Waals surface area (Å²) in [7, 11) is 0. The first-order valence-corrected chi connectivity index (χ1v) is 5.77. The van der Waals surface area contributed by atoms with Crippen molar-refractivity contribution >= 4 is 11.4 Å². The number of benzene rings is 1. The van der Waals surface area contributed by atoms with Crippen molar-refractivity contribution in [2.75, 3.05) is 5.43 Å². The zero-order valence-electron chi connectivity index (χ0n) is 10.9. The third kappa shape index (κ3) is 2.87. The average Bonchev–Trinajstić information content (AvgIpc) is 2.45. The number of anilines is 1. The Balaban J connectivity index is 2.41. The molecule has 1 aromatic heterocycles. The molecule has 0 saturated heterocycles. The minimum absolute atomic E-state index is 0.327. The van der Waals surface area contributed by atoms with Gasteiger partial charge in [0, 0.05) is 0 Å². The summed E-state index contributed by atoms with van der Waals surface area (Å²) in [4.78, 5) is 2.36. The van der Waals surface area contributed by atoms with Crippen molar-refractivity contribution < 1.29 is 26.3 Å². The lowest BCUT2D eigenvalue weighted by Gasteiger charge is -2.08. The Morgan fingerprint density at radius 3 is 1.95 bits per heavy atom. The van der Waals surface area contributed by atoms with E-state index in [2.05, 4.69) is 10.1 Å². The Labute approximate surface area is 120 Å². The van der Waals surface area contributed by atoms with Crippen molar-refractivity contribution in [2.24, 2.45) is 5.10 Å². The van der Waals surface area contributed by atoms with Crippen LogP contribution in [0.5, 0.6) is 0 Å². The van der Waals surface area contributed by atoms with Crippen LogP contribution in [0.3, 0.4) is 0 Å². The van der Waals surface area contributed by atoms with Gasteiger partial charge in [0.1, 0.15) is 17.3 Å². The number of hydrogen-bond donors (Lipinski definition) is 1. The molecule has 2 rings (SSSR count). The van der Waals surface area contributed by atoms with Crippen LogP contribution in [0, 0.1) is 35.2 Å². The summed E-state index contributed by atoms with van der Waals surface area (Å²) < 4.78 is 79.4. The summed E-state index contributed by atoms with van der Waals surface area (Å²) in [6.45, 7) is 1.14. The van der Waals surface area contributed by atoms with E-state index in [4.69, 9.17) is 0 Å². The molecule has 1 N–H and O–H groups in total. The number of nitrogens with zero attached hydrogens (tertiary/aromatic N) is 2. The van der Waals surface area contributed by atoms with E-state index in [-0.39, 0.29) is 5.71 Å². The van der Waals surface area contributed by atoms with Crippen LogP contribution in [0.1, 0.15) is 12.5 Å². The van der Waals surface area contributed by atoms with Crippen molar-refractivity contribution in [3.8, 4) is 0 Å². The van der Waals surface area contributed by atoms with Gasteiger partial charge in [0.05, 0.1) is 11.3 Å². The maximum absolute atomic E-state index is 13.5. The number of nitrogens with one attached hydrogen (secondary N) is 1. The first kappa shape index (κ1) is 15.8. The molecule has 2 aromatic rings. The van der Waals surface area contributed by atoms with Gasteiger partial charge in [0.15, 0.2) is 0 Å². The van der Waals surface area contributed by atoms with Gasteiger partial charge in [-0.25, -0.2) is 8.78 Å². The molecule has 0 amide bonds. The highest BCUT2D eigenvalue weighted by atomic mass is 19.2. The molecular weight excluding hydrogens is 312 g/mol. The quantitative estimate of drug-likeness (QED) is 0.405. The Bertz CT molecular complexity index is 713. The Hall–Kier alpha value is -2.58. The van der Waals surface area contributed by atoms with Crippen molar-refractivity contribution in [3.05, 3.63) is 58.9 Å². The van der Waals surface area contributed by atoms with Gasteiger partial charge in [-0.15, -0.1) is 0 Å². The number of pyridine rings is 1. The largest absolute Gasteiger partial charge is 0.272 e. The van der Waals surface area contributed by atoms with Crippen LogP contribution in [0.25, 0.3) is 0 Å². The van der Waals surface area contributed by atoms with Crippen LogP contribution in [0.2, 0.25) is 0 Å². The summed E-state index contributed by atoms with van der Waals surface area (Å²) in [5, 5.41) is 3.34. The van der Waals surface area contributed by atoms with E-state index >= 15 is 0 Å². The van der Waals surface area contributed by atoms with Crippen molar-refractivity contribution in [1.82, 2.24) is 4.98 Å². The maximum atomic E-state index is 13.5. The summed E-state index contributed by atoms with van der Waals surface area (Å²) in [6.07, 6.45) is 0. The Kier molecular flexibility index (Phi) is 4.34. The third-order valence-corrected chi connectivity index (χ3v) is 2.66. The molecule has 0 aliphatic heterocycles. The molecule has 0 unspecified atom stereocenters. The van der Waals surface area contributed by atoms with Crippen molar-refractivity contribution in [1.29, 1.82) is 0 Å². The number of aromatic nitrogens is 1. The molecule has 22 heavy (non-hydrogen) atoms. The van der Waals surface area contributed by atoms with Gasteiger partial charge in [-0.3, -0.25) is 5.43 Å². The second kappa shape index (κ2) is 6.04. The molecule has 116 valence electrons. The molecule has 0 aliphatic rings. The number of rotatable bonds is 3. The highest BCUT2D eigenvalue weighted by molar-refractivity contribution is 5.99. The smallest absolute Gasteiger partial charge is 0.254 e. The molecule has 0 bridgehead atoms. The summed E-state index contributed by atoms with van der Waals surface area (Å²) >= 11 is 0. The van der Waals surface area contributed by atoms with Gasteiger partial charge in [-0.1, -0.05) is 6.07 Å². The molecule has 3 nitrogen and oxygen atoms in total. The highest BCUT2D eigenvalue weighted by Crippen LogP contribution is 2.22. The summed E-state index contributed by atoms with van der Waals surface area (Å²) in [5.41, 5.74) is -0.440. The number of hydrogen-bond acceptors (Lipinski definition) is 3. The molecule has 0 aliphatic carbocycles. The fourth-order valence-electron chi connectivity index (χ4n) is 1.62. The second-order valence-corrected chi connectivity index (χ2v) is 4.10. The van der Waals surface area contributed by atoms with E-state index in [1.54, 1.807) is 5.43 Å². The normalized spacial score (nSPS) is 11.7. The molecule has 0 saturated carbocycles. The zero-order chi connectivity index (χ0) is 16.4. The first-order chi connectivity index (χ1) is 10.3. The monoisotopic (exact) mass is 319 g/mol. The molecule has 9 heteroatoms. The van der Waals surface area contributed by atoms with E-state index in [0.29, 0.717) is 0 Å². The fraction of sp³-hybridized carbons (Fsp3) is 0.0769. The van der Waals surface area contributed by atoms with Crippen LogP contribution in [0.4, 0.5) is 32.0 Å². The topological polar surface area (TPSA) is 37.3 Å². The fourth-order valence-corrected chi connectivity index (χ4v) is 1.62. The third-order valence-electron chi connectivity index (χ3n) is 2.66. The van der Waals surface area contributed by atoms with Crippen LogP contribution < -0.4 is 5.43 Å². The van der Waals surface area contributed by atoms with E-state index in [9.17, 15) is 26.3 Å². The van der Waals surface area contributed by atoms with E-state index < -0.39 is 46.4 Å². The van der Waals surface area contributed by atoms with Crippen LogP contribution >= 0.6 is 0 Å². The summed E-state index contributed by atoms with van der Waals surface area (Å²) in [6, 6.07) is 3.01. The van der Waals surface area contributed by atoms with E-state index in [0.717, 1.165) is 25.1 Å². The standard InChI is InChI=1S/C13H7F6N3/c1-5(8-6(14)3-2-4-7(8)15)21-22-11-9(16)12(18)20-13(19)10(11)17/h2-4H,1H3,(H,20,22)/b21-5-. The maximum Gasteiger partial charge on any atom is 0.254 e. The van der Waals surface area contributed by atoms with Crippen LogP contribution in [-0.2, 0) is 0 Å². The van der Waals surface area contributed by atoms with Crippen LogP contribution in [-0.4, -0.2) is 10.7 Å². The minimum atomic E-state index is -1.88. The lowest BCUT2D eigenvalue weighted by Crippen LogP contribution is -2.09. The van der Waals surface area contributed by atoms with Crippen molar-refractivity contribution in [2.45, 2.75) is 6.92 Å². The van der Waals surface area contributed by atoms with Gasteiger partial charge in [0.25, 0.3) is 11.9 Å². The number of hydrazone groups is 1. The van der Waals surface area contributed by atoms with Gasteiger partial charge in [-0.05, 0) is 19.1 Å². The SMILES string of the molecule is C/C(=N/Nc1c(F)c(F)nc(F)c1F)c1c(F)cccc1F. The highest BCUT2D eigenvalue weighted by Gasteiger charge is 2.21. The predicted octanol–water partition coefficient (Wildman–Crippen LogP) is 3.75. The average molecular weight is 319 g/mol. The second-order valence-electron chi connectivity index (χ2n) is 4.10. The molecular formula is C13H7F6N3. The van der Waals surface area contributed by atoms with Gasteiger partial charge in [-0.2, -0.15) is 27.6 Å². The van der Waals surface area contributed by atoms with Gasteiger partial charge >= 0.3 is 0 Å². The molecule has 0 spiro atoms.